The van der Waals surface area contributed by atoms with Crippen molar-refractivity contribution in [2.24, 2.45) is 0 Å². The Morgan fingerprint density at radius 3 is 2.62 bits per heavy atom. The first-order valence-electron chi connectivity index (χ1n) is 7.38. The van der Waals surface area contributed by atoms with E-state index in [0.717, 1.165) is 16.8 Å². The number of anilines is 2. The lowest BCUT2D eigenvalue weighted by atomic mass is 10.2. The van der Waals surface area contributed by atoms with Crippen molar-refractivity contribution >= 4 is 29.0 Å². The summed E-state index contributed by atoms with van der Waals surface area (Å²) in [5.41, 5.74) is 2.96. The Morgan fingerprint density at radius 2 is 1.88 bits per heavy atom. The molecule has 0 unspecified atom stereocenters. The molecular weight excluding hydrogens is 325 g/mol. The lowest BCUT2D eigenvalue weighted by Crippen LogP contribution is -2.20. The van der Waals surface area contributed by atoms with Crippen molar-refractivity contribution < 1.29 is 4.39 Å². The Hall–Kier alpha value is -2.80. The number of nitrogens with zero attached hydrogens (tertiary/aromatic N) is 3. The lowest BCUT2D eigenvalue weighted by molar-refractivity contribution is 0.624. The molecular formula is C17H16FN5S. The van der Waals surface area contributed by atoms with Gasteiger partial charge in [0.25, 0.3) is 0 Å². The van der Waals surface area contributed by atoms with Gasteiger partial charge in [-0.25, -0.2) is 14.1 Å². The topological polar surface area (TPSA) is 54.8 Å². The number of thiocarbonyl (C=S) groups is 1. The minimum Gasteiger partial charge on any atom is -0.332 e. The molecule has 0 saturated carbocycles. The van der Waals surface area contributed by atoms with Crippen LogP contribution in [0.1, 0.15) is 11.1 Å². The summed E-state index contributed by atoms with van der Waals surface area (Å²) < 4.78 is 14.6. The first kappa shape index (κ1) is 16.1. The molecule has 2 aromatic carbocycles. The molecule has 1 aromatic heterocycles. The fourth-order valence-electron chi connectivity index (χ4n) is 2.17. The molecule has 0 aliphatic rings. The monoisotopic (exact) mass is 341 g/mol. The van der Waals surface area contributed by atoms with E-state index in [-0.39, 0.29) is 5.82 Å². The van der Waals surface area contributed by atoms with Gasteiger partial charge in [-0.2, -0.15) is 0 Å². The molecule has 0 spiro atoms. The quantitative estimate of drug-likeness (QED) is 0.711. The maximum absolute atomic E-state index is 12.9. The minimum absolute atomic E-state index is 0.257. The van der Waals surface area contributed by atoms with Crippen molar-refractivity contribution in [3.8, 4) is 0 Å². The smallest absolute Gasteiger partial charge is 0.248 e. The van der Waals surface area contributed by atoms with Crippen LogP contribution in [0, 0.1) is 12.7 Å². The molecule has 0 amide bonds. The number of hydrogen-bond donors (Lipinski definition) is 2. The summed E-state index contributed by atoms with van der Waals surface area (Å²) in [5, 5.41) is 10.8. The highest BCUT2D eigenvalue weighted by Crippen LogP contribution is 2.13. The van der Waals surface area contributed by atoms with Crippen LogP contribution in [0.5, 0.6) is 0 Å². The Bertz CT molecular complexity index is 844. The largest absolute Gasteiger partial charge is 0.332 e. The predicted molar refractivity (Wildman–Crippen MR) is 96.5 cm³/mol. The van der Waals surface area contributed by atoms with Crippen LogP contribution in [0.2, 0.25) is 0 Å². The average molecular weight is 341 g/mol. The third-order valence-corrected chi connectivity index (χ3v) is 3.62. The first-order chi connectivity index (χ1) is 11.6. The van der Waals surface area contributed by atoms with Gasteiger partial charge in [0.2, 0.25) is 5.95 Å². The van der Waals surface area contributed by atoms with Crippen LogP contribution in [0.15, 0.2) is 54.9 Å². The summed E-state index contributed by atoms with van der Waals surface area (Å²) in [6, 6.07) is 14.1. The van der Waals surface area contributed by atoms with Gasteiger partial charge in [0, 0.05) is 5.69 Å². The van der Waals surface area contributed by atoms with Gasteiger partial charge in [0.15, 0.2) is 5.11 Å². The van der Waals surface area contributed by atoms with Crippen LogP contribution >= 0.6 is 12.2 Å². The molecule has 3 aromatic rings. The molecule has 5 nitrogen and oxygen atoms in total. The van der Waals surface area contributed by atoms with E-state index in [9.17, 15) is 4.39 Å². The summed E-state index contributed by atoms with van der Waals surface area (Å²) >= 11 is 5.28. The summed E-state index contributed by atoms with van der Waals surface area (Å²) in [6.07, 6.45) is 1.60. The number of benzene rings is 2. The molecule has 0 fully saturated rings. The van der Waals surface area contributed by atoms with Crippen LogP contribution in [0.25, 0.3) is 0 Å². The van der Waals surface area contributed by atoms with Crippen molar-refractivity contribution in [3.63, 3.8) is 0 Å². The Balaban J connectivity index is 1.60. The third kappa shape index (κ3) is 4.14. The zero-order valence-corrected chi connectivity index (χ0v) is 13.8. The molecule has 122 valence electrons. The second-order valence-electron chi connectivity index (χ2n) is 5.29. The highest BCUT2D eigenvalue weighted by molar-refractivity contribution is 7.80. The Morgan fingerprint density at radius 1 is 1.12 bits per heavy atom. The van der Waals surface area contributed by atoms with Gasteiger partial charge in [-0.15, -0.1) is 5.10 Å². The molecule has 2 N–H and O–H groups in total. The Labute approximate surface area is 144 Å². The minimum atomic E-state index is -0.257. The average Bonchev–Trinajstić information content (AvgIpc) is 2.99. The van der Waals surface area contributed by atoms with Crippen molar-refractivity contribution in [3.05, 3.63) is 71.8 Å². The fraction of sp³-hybridized carbons (Fsp3) is 0.118. The van der Waals surface area contributed by atoms with Gasteiger partial charge < -0.3 is 5.32 Å². The second-order valence-corrected chi connectivity index (χ2v) is 5.69. The van der Waals surface area contributed by atoms with Crippen LogP contribution in [0.4, 0.5) is 16.0 Å². The molecule has 0 aliphatic carbocycles. The molecule has 0 saturated heterocycles. The van der Waals surface area contributed by atoms with E-state index in [1.165, 1.54) is 12.1 Å². The number of aromatic nitrogens is 3. The predicted octanol–water partition coefficient (Wildman–Crippen LogP) is 3.58. The van der Waals surface area contributed by atoms with Crippen molar-refractivity contribution in [1.29, 1.82) is 0 Å². The summed E-state index contributed by atoms with van der Waals surface area (Å²) in [6.45, 7) is 2.51. The fourth-order valence-corrected chi connectivity index (χ4v) is 2.37. The molecule has 3 rings (SSSR count). The van der Waals surface area contributed by atoms with Gasteiger partial charge >= 0.3 is 0 Å². The third-order valence-electron chi connectivity index (χ3n) is 3.41. The van der Waals surface area contributed by atoms with Crippen LogP contribution in [-0.2, 0) is 6.54 Å². The number of hydrogen-bond acceptors (Lipinski definition) is 3. The number of nitrogens with one attached hydrogen (secondary N) is 2. The number of halogens is 1. The maximum atomic E-state index is 12.9. The van der Waals surface area contributed by atoms with Crippen molar-refractivity contribution in [1.82, 2.24) is 14.8 Å². The number of rotatable bonds is 4. The van der Waals surface area contributed by atoms with Gasteiger partial charge in [0.1, 0.15) is 12.1 Å². The van der Waals surface area contributed by atoms with Crippen LogP contribution in [-0.4, -0.2) is 19.9 Å². The standard InChI is InChI=1S/C17H16FN5S/c1-12-4-2-3-5-15(12)20-17(24)21-16-19-11-23(22-16)10-13-6-8-14(18)9-7-13/h2-9,11H,10H2,1H3,(H2,20,21,22,24). The van der Waals surface area contributed by atoms with E-state index in [0.29, 0.717) is 17.6 Å². The molecule has 0 radical (unpaired) electrons. The highest BCUT2D eigenvalue weighted by Gasteiger charge is 2.05. The molecule has 0 aliphatic heterocycles. The zero-order valence-electron chi connectivity index (χ0n) is 13.0. The van der Waals surface area contributed by atoms with E-state index in [2.05, 4.69) is 20.7 Å². The molecule has 0 atom stereocenters. The highest BCUT2D eigenvalue weighted by atomic mass is 32.1. The van der Waals surface area contributed by atoms with Crippen molar-refractivity contribution in [2.45, 2.75) is 13.5 Å². The van der Waals surface area contributed by atoms with Gasteiger partial charge in [-0.05, 0) is 48.5 Å². The number of aryl methyl sites for hydroxylation is 1. The molecule has 7 heteroatoms. The maximum Gasteiger partial charge on any atom is 0.248 e. The SMILES string of the molecule is Cc1ccccc1NC(=S)Nc1ncn(Cc2ccc(F)cc2)n1. The molecule has 0 bridgehead atoms. The Kier molecular flexibility index (Phi) is 4.81. The lowest BCUT2D eigenvalue weighted by Gasteiger charge is -2.10. The summed E-state index contributed by atoms with van der Waals surface area (Å²) in [7, 11) is 0. The molecule has 24 heavy (non-hydrogen) atoms. The van der Waals surface area contributed by atoms with Gasteiger partial charge in [-0.1, -0.05) is 30.3 Å². The van der Waals surface area contributed by atoms with E-state index in [4.69, 9.17) is 12.2 Å². The van der Waals surface area contributed by atoms with E-state index in [1.807, 2.05) is 31.2 Å². The molecule has 1 heterocycles. The van der Waals surface area contributed by atoms with Crippen LogP contribution < -0.4 is 10.6 Å². The van der Waals surface area contributed by atoms with Gasteiger partial charge in [-0.3, -0.25) is 5.32 Å². The van der Waals surface area contributed by atoms with Gasteiger partial charge in [0.05, 0.1) is 6.54 Å². The summed E-state index contributed by atoms with van der Waals surface area (Å²) in [4.78, 5) is 4.17. The normalized spacial score (nSPS) is 10.4. The zero-order chi connectivity index (χ0) is 16.9. The summed E-state index contributed by atoms with van der Waals surface area (Å²) in [5.74, 6) is 0.149. The second kappa shape index (κ2) is 7.18. The van der Waals surface area contributed by atoms with E-state index < -0.39 is 0 Å². The van der Waals surface area contributed by atoms with E-state index in [1.54, 1.807) is 23.1 Å². The first-order valence-corrected chi connectivity index (χ1v) is 7.78. The van der Waals surface area contributed by atoms with Crippen LogP contribution in [0.3, 0.4) is 0 Å². The van der Waals surface area contributed by atoms with Crippen molar-refractivity contribution in [2.75, 3.05) is 10.6 Å². The van der Waals surface area contributed by atoms with E-state index >= 15 is 0 Å². The number of para-hydroxylation sites is 1.